The predicted octanol–water partition coefficient (Wildman–Crippen LogP) is 3.58. The summed E-state index contributed by atoms with van der Waals surface area (Å²) in [5.74, 6) is -0.324. The minimum atomic E-state index is -0.934. The van der Waals surface area contributed by atoms with Crippen LogP contribution in [0.2, 0.25) is 0 Å². The summed E-state index contributed by atoms with van der Waals surface area (Å²) in [6.45, 7) is 2.39. The maximum Gasteiger partial charge on any atom is 0.338 e. The van der Waals surface area contributed by atoms with Crippen LogP contribution in [0.15, 0.2) is 30.3 Å². The quantitative estimate of drug-likeness (QED) is 0.621. The molecule has 0 spiro atoms. The molecular weight excluding hydrogens is 324 g/mol. The van der Waals surface area contributed by atoms with Crippen LogP contribution in [0.25, 0.3) is 0 Å². The summed E-state index contributed by atoms with van der Waals surface area (Å²) < 4.78 is 4.14. The van der Waals surface area contributed by atoms with Gasteiger partial charge in [-0.25, -0.2) is 4.79 Å². The summed E-state index contributed by atoms with van der Waals surface area (Å²) in [5, 5.41) is 0. The number of carbonyl (C=O) groups excluding carboxylic acids is 1. The molecule has 0 amide bonds. The Balaban J connectivity index is 2.78. The Kier molecular flexibility index (Phi) is 4.80. The average molecular weight is 336 g/mol. The van der Waals surface area contributed by atoms with Gasteiger partial charge in [0.25, 0.3) is 0 Å². The van der Waals surface area contributed by atoms with Gasteiger partial charge < -0.3 is 4.74 Å². The highest BCUT2D eigenvalue weighted by molar-refractivity contribution is 9.25. The minimum Gasteiger partial charge on any atom is -0.464 e. The largest absolute Gasteiger partial charge is 0.464 e. The maximum atomic E-state index is 11.7. The normalized spacial score (nSPS) is 11.1. The molecule has 0 aliphatic carbocycles. The van der Waals surface area contributed by atoms with Gasteiger partial charge >= 0.3 is 5.97 Å². The van der Waals surface area contributed by atoms with Crippen LogP contribution in [-0.4, -0.2) is 12.6 Å². The van der Waals surface area contributed by atoms with Crippen molar-refractivity contribution >= 4 is 37.8 Å². The van der Waals surface area contributed by atoms with Crippen LogP contribution in [-0.2, 0) is 12.8 Å². The summed E-state index contributed by atoms with van der Waals surface area (Å²) in [4.78, 5) is 11.7. The molecule has 15 heavy (non-hydrogen) atoms. The van der Waals surface area contributed by atoms with Crippen LogP contribution in [0.4, 0.5) is 0 Å². The Bertz CT molecular complexity index is 323. The molecule has 0 aliphatic heterocycles. The Hall–Kier alpha value is -0.350. The number of alkyl halides is 2. The molecule has 0 heterocycles. The lowest BCUT2D eigenvalue weighted by molar-refractivity contribution is -0.143. The Morgan fingerprint density at radius 3 is 2.47 bits per heavy atom. The second kappa shape index (κ2) is 5.66. The molecule has 2 nitrogen and oxygen atoms in total. The van der Waals surface area contributed by atoms with Crippen LogP contribution in [0.3, 0.4) is 0 Å². The monoisotopic (exact) mass is 334 g/mol. The molecule has 0 saturated heterocycles. The minimum absolute atomic E-state index is 0.324. The molecule has 1 aromatic carbocycles. The summed E-state index contributed by atoms with van der Waals surface area (Å²) in [5.41, 5.74) is 0.825. The van der Waals surface area contributed by atoms with Gasteiger partial charge in [0, 0.05) is 0 Å². The first-order valence-corrected chi connectivity index (χ1v) is 6.28. The van der Waals surface area contributed by atoms with E-state index in [9.17, 15) is 4.79 Å². The lowest BCUT2D eigenvalue weighted by Crippen LogP contribution is -2.25. The molecule has 0 fully saturated rings. The van der Waals surface area contributed by atoms with E-state index in [4.69, 9.17) is 4.74 Å². The molecule has 0 radical (unpaired) electrons. The fourth-order valence-corrected chi connectivity index (χ4v) is 1.81. The second-order valence-corrected chi connectivity index (χ2v) is 6.52. The molecule has 0 saturated carbocycles. The van der Waals surface area contributed by atoms with Gasteiger partial charge in [-0.1, -0.05) is 69.1 Å². The lowest BCUT2D eigenvalue weighted by atomic mass is 10.1. The van der Waals surface area contributed by atoms with E-state index in [1.54, 1.807) is 0 Å². The van der Waals surface area contributed by atoms with E-state index >= 15 is 0 Å². The third kappa shape index (κ3) is 3.31. The van der Waals surface area contributed by atoms with E-state index in [1.807, 2.05) is 37.3 Å². The van der Waals surface area contributed by atoms with E-state index in [0.717, 1.165) is 12.0 Å². The van der Waals surface area contributed by atoms with Crippen molar-refractivity contribution in [2.24, 2.45) is 0 Å². The first-order valence-electron chi connectivity index (χ1n) is 4.69. The van der Waals surface area contributed by atoms with Crippen molar-refractivity contribution < 1.29 is 9.53 Å². The Labute approximate surface area is 106 Å². The zero-order chi connectivity index (χ0) is 11.3. The second-order valence-electron chi connectivity index (χ2n) is 3.08. The van der Waals surface area contributed by atoms with E-state index in [0.29, 0.717) is 6.61 Å². The van der Waals surface area contributed by atoms with Gasteiger partial charge in [-0.2, -0.15) is 0 Å². The highest BCUT2D eigenvalue weighted by Crippen LogP contribution is 2.39. The maximum absolute atomic E-state index is 11.7. The summed E-state index contributed by atoms with van der Waals surface area (Å²) in [7, 11) is 0. The highest BCUT2D eigenvalue weighted by Gasteiger charge is 2.35. The number of halogens is 2. The van der Waals surface area contributed by atoms with Crippen LogP contribution >= 0.6 is 31.9 Å². The van der Waals surface area contributed by atoms with Gasteiger partial charge in [0.15, 0.2) is 0 Å². The first kappa shape index (κ1) is 12.7. The number of esters is 1. The van der Waals surface area contributed by atoms with Gasteiger partial charge in [-0.15, -0.1) is 0 Å². The van der Waals surface area contributed by atoms with E-state index in [2.05, 4.69) is 31.9 Å². The van der Waals surface area contributed by atoms with Crippen LogP contribution in [0, 0.1) is 0 Å². The van der Waals surface area contributed by atoms with Gasteiger partial charge in [-0.05, 0) is 12.0 Å². The molecule has 0 N–H and O–H groups in total. The van der Waals surface area contributed by atoms with Gasteiger partial charge in [0.2, 0.25) is 3.23 Å². The smallest absolute Gasteiger partial charge is 0.338 e. The van der Waals surface area contributed by atoms with E-state index < -0.39 is 3.23 Å². The molecule has 0 aliphatic rings. The Morgan fingerprint density at radius 2 is 1.93 bits per heavy atom. The molecular formula is C11H12Br2O2. The molecule has 0 bridgehead atoms. The van der Waals surface area contributed by atoms with E-state index in [1.165, 1.54) is 0 Å². The molecule has 0 unspecified atom stereocenters. The van der Waals surface area contributed by atoms with Gasteiger partial charge in [0.1, 0.15) is 0 Å². The first-order chi connectivity index (χ1) is 7.09. The molecule has 0 aromatic heterocycles. The zero-order valence-electron chi connectivity index (χ0n) is 8.37. The lowest BCUT2D eigenvalue weighted by Gasteiger charge is -2.18. The fraction of sp³-hybridized carbons (Fsp3) is 0.364. The van der Waals surface area contributed by atoms with Gasteiger partial charge in [0.05, 0.1) is 6.61 Å². The number of carbonyl (C=O) groups is 1. The Morgan fingerprint density at radius 1 is 1.33 bits per heavy atom. The van der Waals surface area contributed by atoms with Crippen molar-refractivity contribution in [3.63, 3.8) is 0 Å². The molecule has 0 atom stereocenters. The average Bonchev–Trinajstić information content (AvgIpc) is 2.27. The van der Waals surface area contributed by atoms with Crippen LogP contribution in [0.5, 0.6) is 0 Å². The number of benzene rings is 1. The van der Waals surface area contributed by atoms with E-state index in [-0.39, 0.29) is 5.97 Å². The number of rotatable bonds is 4. The van der Waals surface area contributed by atoms with Crippen molar-refractivity contribution in [3.05, 3.63) is 35.9 Å². The molecule has 1 rings (SSSR count). The van der Waals surface area contributed by atoms with Crippen LogP contribution < -0.4 is 0 Å². The third-order valence-corrected chi connectivity index (χ3v) is 3.39. The SMILES string of the molecule is CCCOC(=O)C(Br)(Br)c1ccccc1. The molecule has 1 aromatic rings. The van der Waals surface area contributed by atoms with Crippen molar-refractivity contribution in [1.29, 1.82) is 0 Å². The highest BCUT2D eigenvalue weighted by atomic mass is 79.9. The molecule has 82 valence electrons. The fourth-order valence-electron chi connectivity index (χ4n) is 1.05. The van der Waals surface area contributed by atoms with Crippen molar-refractivity contribution in [1.82, 2.24) is 0 Å². The molecule has 4 heteroatoms. The number of ether oxygens (including phenoxy) is 1. The summed E-state index contributed by atoms with van der Waals surface area (Å²) in [6, 6.07) is 9.36. The van der Waals surface area contributed by atoms with Crippen molar-refractivity contribution in [2.75, 3.05) is 6.61 Å². The van der Waals surface area contributed by atoms with Crippen LogP contribution in [0.1, 0.15) is 18.9 Å². The predicted molar refractivity (Wildman–Crippen MR) is 67.2 cm³/mol. The number of hydrogen-bond acceptors (Lipinski definition) is 2. The summed E-state index contributed by atoms with van der Waals surface area (Å²) in [6.07, 6.45) is 0.816. The third-order valence-electron chi connectivity index (χ3n) is 1.83. The van der Waals surface area contributed by atoms with Crippen molar-refractivity contribution in [2.45, 2.75) is 16.6 Å². The number of hydrogen-bond donors (Lipinski definition) is 0. The van der Waals surface area contributed by atoms with Crippen molar-refractivity contribution in [3.8, 4) is 0 Å². The summed E-state index contributed by atoms with van der Waals surface area (Å²) >= 11 is 6.66. The topological polar surface area (TPSA) is 26.3 Å². The van der Waals surface area contributed by atoms with Gasteiger partial charge in [-0.3, -0.25) is 0 Å². The standard InChI is InChI=1S/C11H12Br2O2/c1-2-8-15-10(14)11(12,13)9-6-4-3-5-7-9/h3-7H,2,8H2,1H3. The zero-order valence-corrected chi connectivity index (χ0v) is 11.5.